The van der Waals surface area contributed by atoms with Crippen molar-refractivity contribution in [2.45, 2.75) is 20.0 Å². The first-order valence-corrected chi connectivity index (χ1v) is 5.20. The van der Waals surface area contributed by atoms with Crippen LogP contribution in [0.4, 0.5) is 0 Å². The van der Waals surface area contributed by atoms with Gasteiger partial charge in [0.2, 0.25) is 0 Å². The largest absolute Gasteiger partial charge is 0.490 e. The van der Waals surface area contributed by atoms with E-state index < -0.39 is 13.1 Å². The van der Waals surface area contributed by atoms with Gasteiger partial charge in [-0.1, -0.05) is 6.07 Å². The minimum atomic E-state index is -1.63. The van der Waals surface area contributed by atoms with Crippen LogP contribution in [-0.2, 0) is 4.74 Å². The molecular formula is C11H15BO5. The lowest BCUT2D eigenvalue weighted by molar-refractivity contribution is 0.0594. The number of esters is 1. The highest BCUT2D eigenvalue weighted by atomic mass is 16.5. The summed E-state index contributed by atoms with van der Waals surface area (Å²) >= 11 is 0. The summed E-state index contributed by atoms with van der Waals surface area (Å²) in [4.78, 5) is 11.5. The van der Waals surface area contributed by atoms with Crippen molar-refractivity contribution in [2.24, 2.45) is 0 Å². The summed E-state index contributed by atoms with van der Waals surface area (Å²) in [6, 6.07) is 4.34. The fourth-order valence-corrected chi connectivity index (χ4v) is 1.33. The summed E-state index contributed by atoms with van der Waals surface area (Å²) < 4.78 is 10.0. The van der Waals surface area contributed by atoms with Gasteiger partial charge < -0.3 is 19.5 Å². The first-order valence-electron chi connectivity index (χ1n) is 5.20. The fourth-order valence-electron chi connectivity index (χ4n) is 1.33. The van der Waals surface area contributed by atoms with Crippen molar-refractivity contribution in [3.05, 3.63) is 23.8 Å². The van der Waals surface area contributed by atoms with Crippen LogP contribution in [0.15, 0.2) is 18.2 Å². The SMILES string of the molecule is COC(=O)c1cc(B(O)O)ccc1OC(C)C. The summed E-state index contributed by atoms with van der Waals surface area (Å²) in [5.41, 5.74) is 0.383. The second-order valence-corrected chi connectivity index (χ2v) is 3.79. The Labute approximate surface area is 100 Å². The van der Waals surface area contributed by atoms with Gasteiger partial charge in [-0.25, -0.2) is 4.79 Å². The van der Waals surface area contributed by atoms with Crippen LogP contribution < -0.4 is 10.2 Å². The van der Waals surface area contributed by atoms with E-state index in [-0.39, 0.29) is 17.1 Å². The molecule has 0 aromatic heterocycles. The lowest BCUT2D eigenvalue weighted by atomic mass is 9.79. The molecule has 0 saturated heterocycles. The van der Waals surface area contributed by atoms with E-state index in [1.807, 2.05) is 13.8 Å². The zero-order valence-electron chi connectivity index (χ0n) is 10.0. The van der Waals surface area contributed by atoms with Gasteiger partial charge in [-0.05, 0) is 31.4 Å². The first kappa shape index (κ1) is 13.5. The monoisotopic (exact) mass is 238 g/mol. The number of ether oxygens (including phenoxy) is 2. The molecule has 0 radical (unpaired) electrons. The molecule has 0 bridgehead atoms. The normalized spacial score (nSPS) is 10.2. The number of carbonyl (C=O) groups excluding carboxylic acids is 1. The van der Waals surface area contributed by atoms with Crippen LogP contribution in [0.25, 0.3) is 0 Å². The van der Waals surface area contributed by atoms with Gasteiger partial charge in [0.1, 0.15) is 11.3 Å². The number of methoxy groups -OCH3 is 1. The minimum absolute atomic E-state index is 0.0942. The van der Waals surface area contributed by atoms with Gasteiger partial charge in [-0.3, -0.25) is 0 Å². The van der Waals surface area contributed by atoms with Gasteiger partial charge in [-0.15, -0.1) is 0 Å². The zero-order valence-corrected chi connectivity index (χ0v) is 10.0. The van der Waals surface area contributed by atoms with Crippen molar-refractivity contribution >= 4 is 18.6 Å². The Kier molecular flexibility index (Phi) is 4.54. The summed E-state index contributed by atoms with van der Waals surface area (Å²) in [6.45, 7) is 3.66. The standard InChI is InChI=1S/C11H15BO5/c1-7(2)17-10-5-4-8(12(14)15)6-9(10)11(13)16-3/h4-7,14-15H,1-3H3. The molecule has 0 aliphatic heterocycles. The van der Waals surface area contributed by atoms with Gasteiger partial charge in [0, 0.05) is 0 Å². The van der Waals surface area contributed by atoms with Gasteiger partial charge in [0.15, 0.2) is 0 Å². The number of rotatable bonds is 4. The lowest BCUT2D eigenvalue weighted by Crippen LogP contribution is -2.30. The number of benzene rings is 1. The molecule has 0 amide bonds. The Bertz CT molecular complexity index is 403. The van der Waals surface area contributed by atoms with Gasteiger partial charge in [0.25, 0.3) is 0 Å². The van der Waals surface area contributed by atoms with Crippen LogP contribution in [-0.4, -0.2) is 36.3 Å². The Morgan fingerprint density at radius 2 is 2.00 bits per heavy atom. The average molecular weight is 238 g/mol. The molecule has 5 nitrogen and oxygen atoms in total. The Morgan fingerprint density at radius 3 is 2.47 bits per heavy atom. The van der Waals surface area contributed by atoms with Gasteiger partial charge in [-0.2, -0.15) is 0 Å². The molecule has 0 aliphatic rings. The van der Waals surface area contributed by atoms with Gasteiger partial charge in [0.05, 0.1) is 13.2 Å². The topological polar surface area (TPSA) is 76.0 Å². The highest BCUT2D eigenvalue weighted by Crippen LogP contribution is 2.19. The summed E-state index contributed by atoms with van der Waals surface area (Å²) in [7, 11) is -0.379. The predicted molar refractivity (Wildman–Crippen MR) is 63.4 cm³/mol. The van der Waals surface area contributed by atoms with Crippen molar-refractivity contribution in [1.29, 1.82) is 0 Å². The molecule has 6 heteroatoms. The van der Waals surface area contributed by atoms with E-state index in [4.69, 9.17) is 14.8 Å². The molecule has 0 saturated carbocycles. The summed E-state index contributed by atoms with van der Waals surface area (Å²) in [5, 5.41) is 18.1. The van der Waals surface area contributed by atoms with E-state index >= 15 is 0 Å². The van der Waals surface area contributed by atoms with Crippen LogP contribution >= 0.6 is 0 Å². The first-order chi connectivity index (χ1) is 7.95. The lowest BCUT2D eigenvalue weighted by Gasteiger charge is -2.14. The Morgan fingerprint density at radius 1 is 1.35 bits per heavy atom. The fraction of sp³-hybridized carbons (Fsp3) is 0.364. The minimum Gasteiger partial charge on any atom is -0.490 e. The molecule has 0 unspecified atom stereocenters. The van der Waals surface area contributed by atoms with Crippen LogP contribution in [0.1, 0.15) is 24.2 Å². The third-order valence-corrected chi connectivity index (χ3v) is 2.07. The van der Waals surface area contributed by atoms with E-state index in [1.165, 1.54) is 25.3 Å². The molecule has 0 atom stereocenters. The third-order valence-electron chi connectivity index (χ3n) is 2.07. The predicted octanol–water partition coefficient (Wildman–Crippen LogP) is -0.0598. The van der Waals surface area contributed by atoms with Crippen molar-refractivity contribution in [2.75, 3.05) is 7.11 Å². The summed E-state index contributed by atoms with van der Waals surface area (Å²) in [6.07, 6.45) is -0.0942. The maximum Gasteiger partial charge on any atom is 0.488 e. The van der Waals surface area contributed by atoms with Crippen molar-refractivity contribution in [3.63, 3.8) is 0 Å². The number of carbonyl (C=O) groups is 1. The zero-order chi connectivity index (χ0) is 13.0. The molecule has 0 fully saturated rings. The Balaban J connectivity index is 3.16. The molecule has 17 heavy (non-hydrogen) atoms. The van der Waals surface area contributed by atoms with E-state index in [0.29, 0.717) is 5.75 Å². The number of hydrogen-bond donors (Lipinski definition) is 2. The maximum absolute atomic E-state index is 11.5. The van der Waals surface area contributed by atoms with Crippen LogP contribution in [0.3, 0.4) is 0 Å². The quantitative estimate of drug-likeness (QED) is 0.567. The molecular weight excluding hydrogens is 223 g/mol. The Hall–Kier alpha value is -1.53. The van der Waals surface area contributed by atoms with E-state index in [2.05, 4.69) is 4.74 Å². The molecule has 1 aromatic carbocycles. The highest BCUT2D eigenvalue weighted by molar-refractivity contribution is 6.58. The maximum atomic E-state index is 11.5. The molecule has 2 N–H and O–H groups in total. The van der Waals surface area contributed by atoms with E-state index in [0.717, 1.165) is 0 Å². The second kappa shape index (κ2) is 5.70. The van der Waals surface area contributed by atoms with Crippen molar-refractivity contribution in [3.8, 4) is 5.75 Å². The molecule has 1 aromatic rings. The van der Waals surface area contributed by atoms with Crippen LogP contribution in [0, 0.1) is 0 Å². The molecule has 0 spiro atoms. The molecule has 0 heterocycles. The van der Waals surface area contributed by atoms with Crippen LogP contribution in [0.2, 0.25) is 0 Å². The van der Waals surface area contributed by atoms with E-state index in [1.54, 1.807) is 0 Å². The molecule has 92 valence electrons. The highest BCUT2D eigenvalue weighted by Gasteiger charge is 2.19. The van der Waals surface area contributed by atoms with Gasteiger partial charge >= 0.3 is 13.1 Å². The average Bonchev–Trinajstić information content (AvgIpc) is 2.27. The molecule has 1 rings (SSSR count). The van der Waals surface area contributed by atoms with Crippen molar-refractivity contribution < 1.29 is 24.3 Å². The van der Waals surface area contributed by atoms with Crippen LogP contribution in [0.5, 0.6) is 5.75 Å². The molecule has 0 aliphatic carbocycles. The number of hydrogen-bond acceptors (Lipinski definition) is 5. The third kappa shape index (κ3) is 3.47. The van der Waals surface area contributed by atoms with Crippen molar-refractivity contribution in [1.82, 2.24) is 0 Å². The summed E-state index contributed by atoms with van der Waals surface area (Å²) in [5.74, 6) is -0.223. The second-order valence-electron chi connectivity index (χ2n) is 3.79. The van der Waals surface area contributed by atoms with E-state index in [9.17, 15) is 4.79 Å². The smallest absolute Gasteiger partial charge is 0.488 e.